The molecule has 0 amide bonds. The van der Waals surface area contributed by atoms with Gasteiger partial charge in [0.1, 0.15) is 0 Å². The van der Waals surface area contributed by atoms with Crippen LogP contribution in [0.1, 0.15) is 45.3 Å². The summed E-state index contributed by atoms with van der Waals surface area (Å²) in [4.78, 5) is 12.3. The smallest absolute Gasteiger partial charge is 0.185 e. The van der Waals surface area contributed by atoms with Crippen molar-refractivity contribution < 1.29 is 13.2 Å². The molecule has 0 bridgehead atoms. The second-order valence-corrected chi connectivity index (χ2v) is 8.88. The normalized spacial score (nSPS) is 19.6. The quantitative estimate of drug-likeness (QED) is 0.622. The molecule has 1 unspecified atom stereocenters. The first-order chi connectivity index (χ1) is 11.8. The molecule has 1 atom stereocenters. The van der Waals surface area contributed by atoms with E-state index < -0.39 is 9.84 Å². The van der Waals surface area contributed by atoms with E-state index in [9.17, 15) is 13.2 Å². The molecule has 2 aromatic rings. The summed E-state index contributed by atoms with van der Waals surface area (Å²) < 4.78 is 25.2. The highest BCUT2D eigenvalue weighted by Gasteiger charge is 2.31. The number of carbonyl (C=O) groups is 1. The first-order valence-corrected chi connectivity index (χ1v) is 10.1. The van der Waals surface area contributed by atoms with Crippen molar-refractivity contribution in [1.29, 1.82) is 0 Å². The number of hydrogen-bond acceptors (Lipinski definition) is 4. The summed E-state index contributed by atoms with van der Waals surface area (Å²) in [5, 5.41) is 4.51. The molecular formula is C19H22N2O3S. The van der Waals surface area contributed by atoms with Gasteiger partial charge in [0.15, 0.2) is 15.6 Å². The van der Waals surface area contributed by atoms with Crippen molar-refractivity contribution in [2.75, 3.05) is 11.5 Å². The average Bonchev–Trinajstić information content (AvgIpc) is 3.05. The molecule has 1 saturated heterocycles. The van der Waals surface area contributed by atoms with E-state index in [0.717, 1.165) is 22.5 Å². The van der Waals surface area contributed by atoms with E-state index in [1.165, 1.54) is 0 Å². The SMILES string of the molecule is Cc1ccc(C(=O)/C=C/c2c(C)nn(C3CCS(=O)(=O)C3)c2C)cc1. The summed E-state index contributed by atoms with van der Waals surface area (Å²) in [7, 11) is -2.96. The lowest BCUT2D eigenvalue weighted by Gasteiger charge is -2.10. The lowest BCUT2D eigenvalue weighted by molar-refractivity contribution is 0.104. The molecule has 1 aliphatic heterocycles. The van der Waals surface area contributed by atoms with E-state index >= 15 is 0 Å². The van der Waals surface area contributed by atoms with Gasteiger partial charge in [-0.1, -0.05) is 29.8 Å². The van der Waals surface area contributed by atoms with Crippen LogP contribution in [0, 0.1) is 20.8 Å². The van der Waals surface area contributed by atoms with Gasteiger partial charge < -0.3 is 0 Å². The Kier molecular flexibility index (Phi) is 4.64. The fourth-order valence-electron chi connectivity index (χ4n) is 3.21. The number of nitrogens with zero attached hydrogens (tertiary/aromatic N) is 2. The summed E-state index contributed by atoms with van der Waals surface area (Å²) in [5.41, 5.74) is 4.33. The number of sulfone groups is 1. The number of aryl methyl sites for hydroxylation is 2. The van der Waals surface area contributed by atoms with Crippen LogP contribution in [0.3, 0.4) is 0 Å². The summed E-state index contributed by atoms with van der Waals surface area (Å²) >= 11 is 0. The van der Waals surface area contributed by atoms with Gasteiger partial charge in [-0.15, -0.1) is 0 Å². The molecule has 1 aromatic heterocycles. The Bertz CT molecular complexity index is 938. The topological polar surface area (TPSA) is 69.0 Å². The molecule has 1 aromatic carbocycles. The Balaban J connectivity index is 1.83. The number of aromatic nitrogens is 2. The number of benzene rings is 1. The molecule has 0 aliphatic carbocycles. The predicted octanol–water partition coefficient (Wildman–Crippen LogP) is 3.06. The van der Waals surface area contributed by atoms with Crippen LogP contribution in [0.2, 0.25) is 0 Å². The number of allylic oxidation sites excluding steroid dienone is 1. The average molecular weight is 358 g/mol. The lowest BCUT2D eigenvalue weighted by Crippen LogP contribution is -2.13. The molecule has 6 heteroatoms. The van der Waals surface area contributed by atoms with Gasteiger partial charge in [0.2, 0.25) is 0 Å². The number of rotatable bonds is 4. The lowest BCUT2D eigenvalue weighted by atomic mass is 10.1. The Labute approximate surface area is 148 Å². The van der Waals surface area contributed by atoms with E-state index in [1.54, 1.807) is 16.8 Å². The second kappa shape index (κ2) is 6.59. The van der Waals surface area contributed by atoms with E-state index in [1.807, 2.05) is 45.0 Å². The molecule has 2 heterocycles. The van der Waals surface area contributed by atoms with Gasteiger partial charge in [-0.25, -0.2) is 8.42 Å². The number of ketones is 1. The van der Waals surface area contributed by atoms with Gasteiger partial charge in [-0.2, -0.15) is 5.10 Å². The van der Waals surface area contributed by atoms with Crippen LogP contribution in [-0.2, 0) is 9.84 Å². The molecular weight excluding hydrogens is 336 g/mol. The standard InChI is InChI=1S/C19H22N2O3S/c1-13-4-6-16(7-5-13)19(22)9-8-18-14(2)20-21(15(18)3)17-10-11-25(23,24)12-17/h4-9,17H,10-12H2,1-3H3/b9-8+. The van der Waals surface area contributed by atoms with E-state index in [0.29, 0.717) is 12.0 Å². The minimum atomic E-state index is -2.96. The predicted molar refractivity (Wildman–Crippen MR) is 98.6 cm³/mol. The fourth-order valence-corrected chi connectivity index (χ4v) is 4.91. The molecule has 0 N–H and O–H groups in total. The summed E-state index contributed by atoms with van der Waals surface area (Å²) in [6.45, 7) is 5.78. The third-order valence-corrected chi connectivity index (χ3v) is 6.42. The van der Waals surface area contributed by atoms with Crippen LogP contribution < -0.4 is 0 Å². The van der Waals surface area contributed by atoms with Crippen molar-refractivity contribution in [2.24, 2.45) is 0 Å². The van der Waals surface area contributed by atoms with Gasteiger partial charge in [0.25, 0.3) is 0 Å². The van der Waals surface area contributed by atoms with Gasteiger partial charge in [0, 0.05) is 16.8 Å². The Morgan fingerprint density at radius 1 is 1.20 bits per heavy atom. The molecule has 0 spiro atoms. The van der Waals surface area contributed by atoms with Crippen LogP contribution in [0.5, 0.6) is 0 Å². The van der Waals surface area contributed by atoms with E-state index in [4.69, 9.17) is 0 Å². The highest BCUT2D eigenvalue weighted by atomic mass is 32.2. The third kappa shape index (κ3) is 3.74. The van der Waals surface area contributed by atoms with E-state index in [-0.39, 0.29) is 23.3 Å². The molecule has 25 heavy (non-hydrogen) atoms. The van der Waals surface area contributed by atoms with Crippen molar-refractivity contribution in [1.82, 2.24) is 9.78 Å². The maximum Gasteiger partial charge on any atom is 0.185 e. The largest absolute Gasteiger partial charge is 0.289 e. The monoisotopic (exact) mass is 358 g/mol. The van der Waals surface area contributed by atoms with Crippen molar-refractivity contribution in [3.63, 3.8) is 0 Å². The zero-order valence-corrected chi connectivity index (χ0v) is 15.5. The molecule has 0 saturated carbocycles. The highest BCUT2D eigenvalue weighted by Crippen LogP contribution is 2.27. The Morgan fingerprint density at radius 2 is 1.88 bits per heavy atom. The molecule has 1 aliphatic rings. The zero-order chi connectivity index (χ0) is 18.2. The van der Waals surface area contributed by atoms with Crippen LogP contribution in [0.15, 0.2) is 30.3 Å². The van der Waals surface area contributed by atoms with Gasteiger partial charge in [-0.05, 0) is 39.3 Å². The van der Waals surface area contributed by atoms with Crippen LogP contribution in [0.25, 0.3) is 6.08 Å². The van der Waals surface area contributed by atoms with Crippen molar-refractivity contribution in [3.8, 4) is 0 Å². The van der Waals surface area contributed by atoms with Gasteiger partial charge in [-0.3, -0.25) is 9.48 Å². The Hall–Kier alpha value is -2.21. The number of carbonyl (C=O) groups excluding carboxylic acids is 1. The molecule has 0 radical (unpaired) electrons. The molecule has 5 nitrogen and oxygen atoms in total. The van der Waals surface area contributed by atoms with Crippen molar-refractivity contribution >= 4 is 21.7 Å². The minimum absolute atomic E-state index is 0.0602. The maximum absolute atomic E-state index is 12.3. The van der Waals surface area contributed by atoms with Crippen LogP contribution in [0.4, 0.5) is 0 Å². The second-order valence-electron chi connectivity index (χ2n) is 6.65. The summed E-state index contributed by atoms with van der Waals surface area (Å²) in [6, 6.07) is 7.34. The van der Waals surface area contributed by atoms with Crippen molar-refractivity contribution in [3.05, 3.63) is 58.4 Å². The first kappa shape index (κ1) is 17.6. The number of hydrogen-bond donors (Lipinski definition) is 0. The van der Waals surface area contributed by atoms with Gasteiger partial charge in [0.05, 0.1) is 23.2 Å². The summed E-state index contributed by atoms with van der Waals surface area (Å²) in [6.07, 6.45) is 3.92. The Morgan fingerprint density at radius 3 is 2.48 bits per heavy atom. The third-order valence-electron chi connectivity index (χ3n) is 4.67. The minimum Gasteiger partial charge on any atom is -0.289 e. The van der Waals surface area contributed by atoms with Crippen LogP contribution >= 0.6 is 0 Å². The molecule has 132 valence electrons. The maximum atomic E-state index is 12.3. The molecule has 3 rings (SSSR count). The summed E-state index contributed by atoms with van der Waals surface area (Å²) in [5.74, 6) is 0.294. The first-order valence-electron chi connectivity index (χ1n) is 8.32. The molecule has 1 fully saturated rings. The van der Waals surface area contributed by atoms with Crippen LogP contribution in [-0.4, -0.2) is 35.5 Å². The van der Waals surface area contributed by atoms with Gasteiger partial charge >= 0.3 is 0 Å². The highest BCUT2D eigenvalue weighted by molar-refractivity contribution is 7.91. The van der Waals surface area contributed by atoms with E-state index in [2.05, 4.69) is 5.10 Å². The fraction of sp³-hybridized carbons (Fsp3) is 0.368. The zero-order valence-electron chi connectivity index (χ0n) is 14.7. The van der Waals surface area contributed by atoms with Crippen molar-refractivity contribution in [2.45, 2.75) is 33.2 Å².